The molecule has 0 spiro atoms. The van der Waals surface area contributed by atoms with Crippen LogP contribution in [0.4, 0.5) is 5.69 Å². The van der Waals surface area contributed by atoms with Crippen LogP contribution in [-0.4, -0.2) is 46.1 Å². The molecule has 1 aromatic heterocycles. The first-order valence-corrected chi connectivity index (χ1v) is 11.2. The van der Waals surface area contributed by atoms with Crippen molar-refractivity contribution >= 4 is 40.3 Å². The number of amides is 3. The summed E-state index contributed by atoms with van der Waals surface area (Å²) < 4.78 is 5.29. The summed E-state index contributed by atoms with van der Waals surface area (Å²) in [4.78, 5) is 43.2. The third-order valence-electron chi connectivity index (χ3n) is 5.22. The van der Waals surface area contributed by atoms with Gasteiger partial charge in [0.05, 0.1) is 12.3 Å². The normalized spacial score (nSPS) is 19.3. The second-order valence-electron chi connectivity index (χ2n) is 7.57. The lowest BCUT2D eigenvalue weighted by atomic mass is 10.1. The number of hydrogen-bond donors (Lipinski definition) is 2. The van der Waals surface area contributed by atoms with Gasteiger partial charge in [-0.3, -0.25) is 14.4 Å². The highest BCUT2D eigenvalue weighted by Crippen LogP contribution is 2.29. The summed E-state index contributed by atoms with van der Waals surface area (Å²) in [6, 6.07) is 9.94. The second kappa shape index (κ2) is 9.38. The van der Waals surface area contributed by atoms with Crippen molar-refractivity contribution in [2.24, 2.45) is 4.99 Å². The molecule has 162 valence electrons. The summed E-state index contributed by atoms with van der Waals surface area (Å²) >= 11 is 1.37. The number of carbonyl (C=O) groups excluding carboxylic acids is 3. The predicted molar refractivity (Wildman–Crippen MR) is 119 cm³/mol. The zero-order valence-corrected chi connectivity index (χ0v) is 18.0. The van der Waals surface area contributed by atoms with Gasteiger partial charge in [-0.05, 0) is 56.2 Å². The number of rotatable bonds is 6. The molecule has 1 fully saturated rings. The molecule has 1 saturated heterocycles. The molecule has 1 aromatic carbocycles. The molecular formula is C22H24N4O4S. The first-order chi connectivity index (χ1) is 15.0. The molecule has 9 heteroatoms. The Morgan fingerprint density at radius 2 is 1.97 bits per heavy atom. The van der Waals surface area contributed by atoms with Crippen LogP contribution in [0.25, 0.3) is 0 Å². The van der Waals surface area contributed by atoms with E-state index in [4.69, 9.17) is 4.42 Å². The fourth-order valence-electron chi connectivity index (χ4n) is 3.53. The van der Waals surface area contributed by atoms with Gasteiger partial charge >= 0.3 is 0 Å². The van der Waals surface area contributed by atoms with Crippen molar-refractivity contribution in [1.82, 2.24) is 10.2 Å². The molecule has 0 radical (unpaired) electrons. The molecule has 3 heterocycles. The lowest BCUT2D eigenvalue weighted by molar-refractivity contribution is -0.121. The number of likely N-dealkylation sites (tertiary alicyclic amines) is 1. The Bertz CT molecular complexity index is 981. The molecule has 3 amide bonds. The van der Waals surface area contributed by atoms with Gasteiger partial charge in [0.15, 0.2) is 5.17 Å². The topological polar surface area (TPSA) is 104 Å². The van der Waals surface area contributed by atoms with Crippen molar-refractivity contribution < 1.29 is 18.8 Å². The smallest absolute Gasteiger partial charge is 0.262 e. The minimum atomic E-state index is -0.483. The molecule has 0 saturated carbocycles. The van der Waals surface area contributed by atoms with E-state index in [0.717, 1.165) is 31.1 Å². The molecule has 2 atom stereocenters. The molecule has 8 nitrogen and oxygen atoms in total. The van der Waals surface area contributed by atoms with Crippen LogP contribution < -0.4 is 10.6 Å². The number of nitrogens with zero attached hydrogens (tertiary/aromatic N) is 2. The molecule has 0 aliphatic carbocycles. The fraction of sp³-hybridized carbons (Fsp3) is 0.364. The third kappa shape index (κ3) is 5.16. The summed E-state index contributed by atoms with van der Waals surface area (Å²) in [5, 5.41) is 5.90. The van der Waals surface area contributed by atoms with Crippen molar-refractivity contribution in [3.63, 3.8) is 0 Å². The van der Waals surface area contributed by atoms with E-state index in [0.29, 0.717) is 17.0 Å². The van der Waals surface area contributed by atoms with E-state index in [1.165, 1.54) is 11.8 Å². The molecule has 4 rings (SSSR count). The Labute approximate surface area is 184 Å². The summed E-state index contributed by atoms with van der Waals surface area (Å²) in [5.74, 6) is -0.0677. The van der Waals surface area contributed by atoms with Crippen LogP contribution in [0.2, 0.25) is 0 Å². The van der Waals surface area contributed by atoms with Gasteiger partial charge in [-0.1, -0.05) is 11.8 Å². The number of aliphatic imine (C=N–C) groups is 1. The average molecular weight is 441 g/mol. The Balaban J connectivity index is 1.27. The molecule has 0 unspecified atom stereocenters. The Hall–Kier alpha value is -3.07. The van der Waals surface area contributed by atoms with Gasteiger partial charge in [0.2, 0.25) is 5.91 Å². The number of thioether (sulfide) groups is 1. The SMILES string of the molecule is C[C@@H](NC(=O)c1ccc(NC(=O)C[C@H]2SC(N3CCCC3)=NC2=O)cc1)c1ccco1. The van der Waals surface area contributed by atoms with Crippen molar-refractivity contribution in [3.8, 4) is 0 Å². The van der Waals surface area contributed by atoms with Crippen LogP contribution in [0.1, 0.15) is 48.3 Å². The highest BCUT2D eigenvalue weighted by Gasteiger charge is 2.33. The first kappa shape index (κ1) is 21.2. The number of amidine groups is 1. The lowest BCUT2D eigenvalue weighted by Gasteiger charge is -2.16. The van der Waals surface area contributed by atoms with Crippen LogP contribution >= 0.6 is 11.8 Å². The van der Waals surface area contributed by atoms with Gasteiger partial charge in [-0.25, -0.2) is 0 Å². The van der Waals surface area contributed by atoms with Crippen LogP contribution in [0.5, 0.6) is 0 Å². The number of benzene rings is 1. The van der Waals surface area contributed by atoms with Crippen molar-refractivity contribution in [1.29, 1.82) is 0 Å². The van der Waals surface area contributed by atoms with E-state index in [1.807, 2.05) is 6.92 Å². The van der Waals surface area contributed by atoms with E-state index in [9.17, 15) is 14.4 Å². The number of nitrogens with one attached hydrogen (secondary N) is 2. The van der Waals surface area contributed by atoms with E-state index in [1.54, 1.807) is 42.7 Å². The molecule has 2 aliphatic rings. The fourth-order valence-corrected chi connectivity index (χ4v) is 4.64. The summed E-state index contributed by atoms with van der Waals surface area (Å²) in [6.07, 6.45) is 3.84. The number of carbonyl (C=O) groups is 3. The van der Waals surface area contributed by atoms with Crippen molar-refractivity contribution in [2.45, 2.75) is 37.5 Å². The molecular weight excluding hydrogens is 416 g/mol. The quantitative estimate of drug-likeness (QED) is 0.715. The maximum Gasteiger partial charge on any atom is 0.262 e. The monoisotopic (exact) mass is 440 g/mol. The van der Waals surface area contributed by atoms with Crippen molar-refractivity contribution in [3.05, 3.63) is 54.0 Å². The molecule has 2 aliphatic heterocycles. The van der Waals surface area contributed by atoms with Gasteiger partial charge < -0.3 is 20.0 Å². The number of hydrogen-bond acceptors (Lipinski definition) is 6. The van der Waals surface area contributed by atoms with E-state index >= 15 is 0 Å². The molecule has 2 aromatic rings. The largest absolute Gasteiger partial charge is 0.467 e. The molecule has 2 N–H and O–H groups in total. The summed E-state index contributed by atoms with van der Waals surface area (Å²) in [5.41, 5.74) is 1.04. The van der Waals surface area contributed by atoms with E-state index < -0.39 is 5.25 Å². The minimum absolute atomic E-state index is 0.0627. The Kier molecular flexibility index (Phi) is 6.41. The highest BCUT2D eigenvalue weighted by molar-refractivity contribution is 8.15. The van der Waals surface area contributed by atoms with Gasteiger partial charge in [0.25, 0.3) is 11.8 Å². The highest BCUT2D eigenvalue weighted by atomic mass is 32.2. The van der Waals surface area contributed by atoms with Crippen molar-refractivity contribution in [2.75, 3.05) is 18.4 Å². The van der Waals surface area contributed by atoms with Crippen LogP contribution in [0.3, 0.4) is 0 Å². The predicted octanol–water partition coefficient (Wildman–Crippen LogP) is 3.19. The van der Waals surface area contributed by atoms with Crippen LogP contribution in [0.15, 0.2) is 52.1 Å². The zero-order chi connectivity index (χ0) is 21.8. The Morgan fingerprint density at radius 1 is 1.23 bits per heavy atom. The minimum Gasteiger partial charge on any atom is -0.467 e. The number of anilines is 1. The second-order valence-corrected chi connectivity index (χ2v) is 8.74. The maximum atomic E-state index is 12.4. The Morgan fingerprint density at radius 3 is 2.65 bits per heavy atom. The summed E-state index contributed by atoms with van der Waals surface area (Å²) in [6.45, 7) is 3.67. The number of furan rings is 1. The third-order valence-corrected chi connectivity index (χ3v) is 6.44. The first-order valence-electron chi connectivity index (χ1n) is 10.3. The molecule has 31 heavy (non-hydrogen) atoms. The van der Waals surface area contributed by atoms with Gasteiger partial charge in [-0.15, -0.1) is 0 Å². The standard InChI is InChI=1S/C22H24N4O4S/c1-14(17-5-4-12-30-17)23-20(28)15-6-8-16(9-7-15)24-19(27)13-18-21(29)25-22(31-18)26-10-2-3-11-26/h4-9,12,14,18H,2-3,10-11,13H2,1H3,(H,23,28)(H,24,27)/t14-,18-/m1/s1. The maximum absolute atomic E-state index is 12.4. The molecule has 0 bridgehead atoms. The zero-order valence-electron chi connectivity index (χ0n) is 17.2. The van der Waals surface area contributed by atoms with E-state index in [-0.39, 0.29) is 30.2 Å². The lowest BCUT2D eigenvalue weighted by Crippen LogP contribution is -2.26. The van der Waals surface area contributed by atoms with E-state index in [2.05, 4.69) is 20.5 Å². The van der Waals surface area contributed by atoms with Gasteiger partial charge in [0.1, 0.15) is 11.0 Å². The van der Waals surface area contributed by atoms with Crippen LogP contribution in [0, 0.1) is 0 Å². The summed E-state index contributed by atoms with van der Waals surface area (Å²) in [7, 11) is 0. The average Bonchev–Trinajstić information content (AvgIpc) is 3.51. The van der Waals surface area contributed by atoms with Gasteiger partial charge in [0, 0.05) is 30.8 Å². The van der Waals surface area contributed by atoms with Crippen LogP contribution in [-0.2, 0) is 9.59 Å². The van der Waals surface area contributed by atoms with Gasteiger partial charge in [-0.2, -0.15) is 4.99 Å².